The van der Waals surface area contributed by atoms with Crippen molar-refractivity contribution in [2.45, 2.75) is 57.0 Å². The number of nitrogens with zero attached hydrogens (tertiary/aromatic N) is 2. The largest absolute Gasteiger partial charge is 0.479 e. The third-order valence-electron chi connectivity index (χ3n) is 4.18. The number of aliphatic carboxylic acids is 1. The van der Waals surface area contributed by atoms with Gasteiger partial charge in [-0.2, -0.15) is 0 Å². The summed E-state index contributed by atoms with van der Waals surface area (Å²) < 4.78 is 0. The minimum Gasteiger partial charge on any atom is -0.479 e. The van der Waals surface area contributed by atoms with Crippen molar-refractivity contribution in [3.63, 3.8) is 0 Å². The molecule has 2 fully saturated rings. The van der Waals surface area contributed by atoms with E-state index < -0.39 is 11.5 Å². The van der Waals surface area contributed by atoms with E-state index in [1.54, 1.807) is 16.8 Å². The molecule has 102 valence electrons. The summed E-state index contributed by atoms with van der Waals surface area (Å²) in [6.07, 6.45) is 4.79. The number of amides is 2. The Kier molecular flexibility index (Phi) is 3.50. The van der Waals surface area contributed by atoms with Crippen LogP contribution in [0.2, 0.25) is 0 Å². The summed E-state index contributed by atoms with van der Waals surface area (Å²) in [5.74, 6) is -0.848. The molecule has 0 spiro atoms. The van der Waals surface area contributed by atoms with E-state index in [9.17, 15) is 14.7 Å². The number of carbonyl (C=O) groups excluding carboxylic acids is 1. The van der Waals surface area contributed by atoms with Gasteiger partial charge in [-0.05, 0) is 32.1 Å². The van der Waals surface area contributed by atoms with Gasteiger partial charge in [0.05, 0.1) is 0 Å². The van der Waals surface area contributed by atoms with Crippen molar-refractivity contribution in [3.05, 3.63) is 0 Å². The van der Waals surface area contributed by atoms with Crippen molar-refractivity contribution in [1.82, 2.24) is 9.80 Å². The van der Waals surface area contributed by atoms with Gasteiger partial charge in [-0.1, -0.05) is 13.3 Å². The zero-order valence-electron chi connectivity index (χ0n) is 11.2. The summed E-state index contributed by atoms with van der Waals surface area (Å²) in [6.45, 7) is 2.54. The van der Waals surface area contributed by atoms with Gasteiger partial charge < -0.3 is 14.9 Å². The summed E-state index contributed by atoms with van der Waals surface area (Å²) >= 11 is 0. The molecule has 2 aliphatic rings. The molecule has 1 aliphatic heterocycles. The maximum Gasteiger partial charge on any atom is 0.329 e. The Hall–Kier alpha value is -1.26. The fraction of sp³-hybridized carbons (Fsp3) is 0.846. The van der Waals surface area contributed by atoms with Crippen LogP contribution in [0.25, 0.3) is 0 Å². The SMILES string of the molecule is CCCC1(C(=O)O)CCCN1C(=O)N(C)C1CC1. The minimum atomic E-state index is -0.963. The highest BCUT2D eigenvalue weighted by Gasteiger charge is 2.50. The topological polar surface area (TPSA) is 60.9 Å². The van der Waals surface area contributed by atoms with Crippen molar-refractivity contribution < 1.29 is 14.7 Å². The molecule has 2 rings (SSSR count). The normalized spacial score (nSPS) is 27.3. The van der Waals surface area contributed by atoms with Crippen LogP contribution in [0.3, 0.4) is 0 Å². The van der Waals surface area contributed by atoms with E-state index in [1.807, 2.05) is 6.92 Å². The predicted octanol–water partition coefficient (Wildman–Crippen LogP) is 1.92. The lowest BCUT2D eigenvalue weighted by molar-refractivity contribution is -0.148. The molecule has 1 N–H and O–H groups in total. The summed E-state index contributed by atoms with van der Waals surface area (Å²) in [7, 11) is 1.79. The minimum absolute atomic E-state index is 0.106. The highest BCUT2D eigenvalue weighted by atomic mass is 16.4. The first-order chi connectivity index (χ1) is 8.53. The van der Waals surface area contributed by atoms with Crippen LogP contribution >= 0.6 is 0 Å². The number of likely N-dealkylation sites (tertiary alicyclic amines) is 1. The zero-order valence-corrected chi connectivity index (χ0v) is 11.2. The number of carboxylic acid groups (broad SMARTS) is 1. The molecular formula is C13H22N2O3. The van der Waals surface area contributed by atoms with E-state index in [0.29, 0.717) is 25.4 Å². The number of rotatable bonds is 4. The molecular weight excluding hydrogens is 232 g/mol. The van der Waals surface area contributed by atoms with Crippen molar-refractivity contribution in [2.75, 3.05) is 13.6 Å². The molecule has 0 bridgehead atoms. The van der Waals surface area contributed by atoms with Crippen LogP contribution < -0.4 is 0 Å². The Labute approximate surface area is 108 Å². The number of urea groups is 1. The van der Waals surface area contributed by atoms with Gasteiger partial charge in [0.15, 0.2) is 0 Å². The van der Waals surface area contributed by atoms with Crippen LogP contribution in [-0.4, -0.2) is 52.1 Å². The lowest BCUT2D eigenvalue weighted by Crippen LogP contribution is -2.56. The standard InChI is InChI=1S/C13H22N2O3/c1-3-7-13(11(16)17)8-4-9-15(13)12(18)14(2)10-5-6-10/h10H,3-9H2,1-2H3,(H,16,17). The fourth-order valence-corrected chi connectivity index (χ4v) is 2.97. The molecule has 0 aromatic heterocycles. The van der Waals surface area contributed by atoms with Crippen LogP contribution in [0.1, 0.15) is 45.4 Å². The Bertz CT molecular complexity index is 354. The van der Waals surface area contributed by atoms with Gasteiger partial charge in [0.25, 0.3) is 0 Å². The zero-order chi connectivity index (χ0) is 13.3. The number of hydrogen-bond acceptors (Lipinski definition) is 2. The second kappa shape index (κ2) is 4.78. The highest BCUT2D eigenvalue weighted by molar-refractivity contribution is 5.87. The van der Waals surface area contributed by atoms with Gasteiger partial charge >= 0.3 is 12.0 Å². The van der Waals surface area contributed by atoms with Crippen LogP contribution in [0.15, 0.2) is 0 Å². The Balaban J connectivity index is 2.18. The highest BCUT2D eigenvalue weighted by Crippen LogP contribution is 2.36. The molecule has 5 heteroatoms. The third-order valence-corrected chi connectivity index (χ3v) is 4.18. The predicted molar refractivity (Wildman–Crippen MR) is 67.4 cm³/mol. The van der Waals surface area contributed by atoms with Gasteiger partial charge in [-0.25, -0.2) is 9.59 Å². The maximum atomic E-state index is 12.4. The van der Waals surface area contributed by atoms with Crippen molar-refractivity contribution in [1.29, 1.82) is 0 Å². The van der Waals surface area contributed by atoms with E-state index >= 15 is 0 Å². The molecule has 1 atom stereocenters. The van der Waals surface area contributed by atoms with E-state index in [-0.39, 0.29) is 6.03 Å². The second-order valence-corrected chi connectivity index (χ2v) is 5.47. The van der Waals surface area contributed by atoms with Gasteiger partial charge in [0, 0.05) is 19.6 Å². The fourth-order valence-electron chi connectivity index (χ4n) is 2.97. The summed E-state index contributed by atoms with van der Waals surface area (Å²) in [4.78, 5) is 27.3. The number of carbonyl (C=O) groups is 2. The van der Waals surface area contributed by atoms with Gasteiger partial charge in [0.1, 0.15) is 5.54 Å². The van der Waals surface area contributed by atoms with Crippen LogP contribution in [-0.2, 0) is 4.79 Å². The quantitative estimate of drug-likeness (QED) is 0.833. The summed E-state index contributed by atoms with van der Waals surface area (Å²) in [5.41, 5.74) is -0.963. The van der Waals surface area contributed by atoms with Crippen LogP contribution in [0, 0.1) is 0 Å². The van der Waals surface area contributed by atoms with Crippen LogP contribution in [0.5, 0.6) is 0 Å². The molecule has 1 saturated heterocycles. The Morgan fingerprint density at radius 3 is 2.61 bits per heavy atom. The second-order valence-electron chi connectivity index (χ2n) is 5.47. The van der Waals surface area contributed by atoms with E-state index in [4.69, 9.17) is 0 Å². The van der Waals surface area contributed by atoms with Crippen molar-refractivity contribution >= 4 is 12.0 Å². The van der Waals surface area contributed by atoms with Crippen molar-refractivity contribution in [3.8, 4) is 0 Å². The van der Waals surface area contributed by atoms with Crippen LogP contribution in [0.4, 0.5) is 4.79 Å². The maximum absolute atomic E-state index is 12.4. The van der Waals surface area contributed by atoms with Gasteiger partial charge in [0.2, 0.25) is 0 Å². The molecule has 1 aliphatic carbocycles. The lowest BCUT2D eigenvalue weighted by atomic mass is 9.91. The monoisotopic (exact) mass is 254 g/mol. The summed E-state index contributed by atoms with van der Waals surface area (Å²) in [6, 6.07) is 0.220. The lowest BCUT2D eigenvalue weighted by Gasteiger charge is -2.37. The molecule has 0 radical (unpaired) electrons. The molecule has 1 unspecified atom stereocenters. The molecule has 0 aromatic carbocycles. The average Bonchev–Trinajstić information content (AvgIpc) is 3.09. The molecule has 0 aromatic rings. The Morgan fingerprint density at radius 2 is 2.11 bits per heavy atom. The van der Waals surface area contributed by atoms with E-state index in [2.05, 4.69) is 0 Å². The first kappa shape index (κ1) is 13.2. The molecule has 18 heavy (non-hydrogen) atoms. The Morgan fingerprint density at radius 1 is 1.44 bits per heavy atom. The first-order valence-corrected chi connectivity index (χ1v) is 6.81. The molecule has 1 heterocycles. The average molecular weight is 254 g/mol. The third kappa shape index (κ3) is 2.06. The number of hydrogen-bond donors (Lipinski definition) is 1. The van der Waals surface area contributed by atoms with Gasteiger partial charge in [-0.15, -0.1) is 0 Å². The van der Waals surface area contributed by atoms with Crippen molar-refractivity contribution in [2.24, 2.45) is 0 Å². The summed E-state index contributed by atoms with van der Waals surface area (Å²) in [5, 5.41) is 9.54. The number of carboxylic acids is 1. The first-order valence-electron chi connectivity index (χ1n) is 6.81. The molecule has 2 amide bonds. The van der Waals surface area contributed by atoms with Gasteiger partial charge in [-0.3, -0.25) is 0 Å². The smallest absolute Gasteiger partial charge is 0.329 e. The van der Waals surface area contributed by atoms with E-state index in [1.165, 1.54) is 0 Å². The molecule has 1 saturated carbocycles. The van der Waals surface area contributed by atoms with E-state index in [0.717, 1.165) is 25.7 Å². The molecule has 5 nitrogen and oxygen atoms in total.